The molecule has 1 heteroatoms. The minimum atomic E-state index is 0.714. The first-order valence-electron chi connectivity index (χ1n) is 5.97. The predicted molar refractivity (Wildman–Crippen MR) is 65.4 cm³/mol. The average molecular weight is 203 g/mol. The molecule has 1 N–H and O–H groups in total. The molecule has 1 aliphatic heterocycles. The maximum absolute atomic E-state index is 3.57. The largest absolute Gasteiger partial charge is 0.314 e. The molecule has 0 aromatic heterocycles. The second-order valence-electron chi connectivity index (χ2n) is 4.79. The number of hydrogen-bond acceptors (Lipinski definition) is 1. The van der Waals surface area contributed by atoms with Crippen LogP contribution < -0.4 is 5.32 Å². The SMILES string of the molecule is Cc1ccc(CC2CCCN2)c(C)c1C. The average Bonchev–Trinajstić information content (AvgIpc) is 2.72. The maximum Gasteiger partial charge on any atom is 0.0108 e. The number of benzene rings is 1. The van der Waals surface area contributed by atoms with Gasteiger partial charge in [-0.25, -0.2) is 0 Å². The van der Waals surface area contributed by atoms with Crippen LogP contribution in [0, 0.1) is 20.8 Å². The Labute approximate surface area is 92.9 Å². The Morgan fingerprint density at radius 1 is 1.20 bits per heavy atom. The van der Waals surface area contributed by atoms with Crippen LogP contribution in [0.1, 0.15) is 35.1 Å². The summed E-state index contributed by atoms with van der Waals surface area (Å²) in [7, 11) is 0. The molecule has 15 heavy (non-hydrogen) atoms. The lowest BCUT2D eigenvalue weighted by Crippen LogP contribution is -2.24. The first kappa shape index (κ1) is 10.7. The Bertz CT molecular complexity index is 349. The van der Waals surface area contributed by atoms with E-state index in [4.69, 9.17) is 0 Å². The number of rotatable bonds is 2. The quantitative estimate of drug-likeness (QED) is 0.779. The van der Waals surface area contributed by atoms with Gasteiger partial charge >= 0.3 is 0 Å². The van der Waals surface area contributed by atoms with Crippen LogP contribution in [0.2, 0.25) is 0 Å². The molecule has 0 amide bonds. The van der Waals surface area contributed by atoms with Crippen molar-refractivity contribution in [2.24, 2.45) is 0 Å². The molecular formula is C14H21N. The third-order valence-corrected chi connectivity index (χ3v) is 3.80. The van der Waals surface area contributed by atoms with Gasteiger partial charge in [-0.05, 0) is 68.8 Å². The van der Waals surface area contributed by atoms with Gasteiger partial charge in [0.25, 0.3) is 0 Å². The monoisotopic (exact) mass is 203 g/mol. The second-order valence-corrected chi connectivity index (χ2v) is 4.79. The van der Waals surface area contributed by atoms with Crippen LogP contribution in [0.15, 0.2) is 12.1 Å². The Balaban J connectivity index is 2.17. The van der Waals surface area contributed by atoms with Gasteiger partial charge in [-0.2, -0.15) is 0 Å². The predicted octanol–water partition coefficient (Wildman–Crippen LogP) is 2.91. The summed E-state index contributed by atoms with van der Waals surface area (Å²) in [4.78, 5) is 0. The van der Waals surface area contributed by atoms with E-state index in [1.807, 2.05) is 0 Å². The highest BCUT2D eigenvalue weighted by atomic mass is 14.9. The molecule has 0 bridgehead atoms. The Kier molecular flexibility index (Phi) is 3.11. The summed E-state index contributed by atoms with van der Waals surface area (Å²) in [5, 5.41) is 3.57. The van der Waals surface area contributed by atoms with E-state index in [1.54, 1.807) is 0 Å². The third-order valence-electron chi connectivity index (χ3n) is 3.80. The lowest BCUT2D eigenvalue weighted by Gasteiger charge is -2.15. The van der Waals surface area contributed by atoms with Gasteiger partial charge < -0.3 is 5.32 Å². The van der Waals surface area contributed by atoms with E-state index in [-0.39, 0.29) is 0 Å². The highest BCUT2D eigenvalue weighted by molar-refractivity contribution is 5.39. The molecule has 1 saturated heterocycles. The Morgan fingerprint density at radius 3 is 2.67 bits per heavy atom. The van der Waals surface area contributed by atoms with Gasteiger partial charge in [-0.3, -0.25) is 0 Å². The van der Waals surface area contributed by atoms with E-state index in [0.717, 1.165) is 0 Å². The number of nitrogens with one attached hydrogen (secondary N) is 1. The van der Waals surface area contributed by atoms with Gasteiger partial charge in [0.2, 0.25) is 0 Å². The van der Waals surface area contributed by atoms with Crippen molar-refractivity contribution >= 4 is 0 Å². The molecule has 0 radical (unpaired) electrons. The summed E-state index contributed by atoms with van der Waals surface area (Å²) in [5.74, 6) is 0. The van der Waals surface area contributed by atoms with E-state index < -0.39 is 0 Å². The molecule has 82 valence electrons. The normalized spacial score (nSPS) is 20.9. The summed E-state index contributed by atoms with van der Waals surface area (Å²) >= 11 is 0. The molecule has 1 heterocycles. The molecule has 1 atom stereocenters. The van der Waals surface area contributed by atoms with Crippen LogP contribution in [-0.2, 0) is 6.42 Å². The lowest BCUT2D eigenvalue weighted by molar-refractivity contribution is 0.601. The molecule has 1 aromatic carbocycles. The van der Waals surface area contributed by atoms with Gasteiger partial charge in [0.05, 0.1) is 0 Å². The maximum atomic E-state index is 3.57. The van der Waals surface area contributed by atoms with E-state index in [0.29, 0.717) is 6.04 Å². The fraction of sp³-hybridized carbons (Fsp3) is 0.571. The molecule has 2 rings (SSSR count). The molecule has 1 unspecified atom stereocenters. The van der Waals surface area contributed by atoms with E-state index in [9.17, 15) is 0 Å². The van der Waals surface area contributed by atoms with Crippen LogP contribution in [-0.4, -0.2) is 12.6 Å². The van der Waals surface area contributed by atoms with Crippen molar-refractivity contribution in [2.45, 2.75) is 46.1 Å². The summed E-state index contributed by atoms with van der Waals surface area (Å²) in [6, 6.07) is 5.27. The van der Waals surface area contributed by atoms with Gasteiger partial charge in [0.1, 0.15) is 0 Å². The summed E-state index contributed by atoms with van der Waals surface area (Å²) < 4.78 is 0. The van der Waals surface area contributed by atoms with Gasteiger partial charge in [0.15, 0.2) is 0 Å². The van der Waals surface area contributed by atoms with Crippen LogP contribution >= 0.6 is 0 Å². The van der Waals surface area contributed by atoms with Crippen molar-refractivity contribution in [3.05, 3.63) is 34.4 Å². The van der Waals surface area contributed by atoms with Gasteiger partial charge in [0, 0.05) is 6.04 Å². The number of aryl methyl sites for hydroxylation is 1. The smallest absolute Gasteiger partial charge is 0.0108 e. The molecule has 0 spiro atoms. The molecule has 1 nitrogen and oxygen atoms in total. The molecular weight excluding hydrogens is 182 g/mol. The van der Waals surface area contributed by atoms with Crippen LogP contribution in [0.3, 0.4) is 0 Å². The lowest BCUT2D eigenvalue weighted by atomic mass is 9.94. The standard InChI is InChI=1S/C14H21N/c1-10-6-7-13(12(3)11(10)2)9-14-5-4-8-15-14/h6-7,14-15H,4-5,8-9H2,1-3H3. The Morgan fingerprint density at radius 2 is 2.00 bits per heavy atom. The van der Waals surface area contributed by atoms with E-state index in [2.05, 4.69) is 38.2 Å². The van der Waals surface area contributed by atoms with Gasteiger partial charge in [-0.1, -0.05) is 12.1 Å². The van der Waals surface area contributed by atoms with Crippen molar-refractivity contribution in [3.63, 3.8) is 0 Å². The van der Waals surface area contributed by atoms with E-state index in [1.165, 1.54) is 48.1 Å². The van der Waals surface area contributed by atoms with Gasteiger partial charge in [-0.15, -0.1) is 0 Å². The highest BCUT2D eigenvalue weighted by Crippen LogP contribution is 2.20. The molecule has 1 aliphatic rings. The Hall–Kier alpha value is -0.820. The second kappa shape index (κ2) is 4.36. The van der Waals surface area contributed by atoms with Crippen LogP contribution in [0.5, 0.6) is 0 Å². The molecule has 1 aromatic rings. The topological polar surface area (TPSA) is 12.0 Å². The van der Waals surface area contributed by atoms with Crippen molar-refractivity contribution in [1.82, 2.24) is 5.32 Å². The van der Waals surface area contributed by atoms with Crippen LogP contribution in [0.25, 0.3) is 0 Å². The summed E-state index contributed by atoms with van der Waals surface area (Å²) in [6.07, 6.45) is 3.88. The number of hydrogen-bond donors (Lipinski definition) is 1. The van der Waals surface area contributed by atoms with Crippen molar-refractivity contribution < 1.29 is 0 Å². The fourth-order valence-electron chi connectivity index (χ4n) is 2.43. The first-order valence-corrected chi connectivity index (χ1v) is 5.97. The molecule has 0 saturated carbocycles. The van der Waals surface area contributed by atoms with E-state index >= 15 is 0 Å². The summed E-state index contributed by atoms with van der Waals surface area (Å²) in [5.41, 5.74) is 5.89. The summed E-state index contributed by atoms with van der Waals surface area (Å²) in [6.45, 7) is 7.89. The van der Waals surface area contributed by atoms with Crippen molar-refractivity contribution in [2.75, 3.05) is 6.54 Å². The minimum Gasteiger partial charge on any atom is -0.314 e. The van der Waals surface area contributed by atoms with Crippen molar-refractivity contribution in [3.8, 4) is 0 Å². The molecule has 1 fully saturated rings. The van der Waals surface area contributed by atoms with Crippen LogP contribution in [0.4, 0.5) is 0 Å². The highest BCUT2D eigenvalue weighted by Gasteiger charge is 2.15. The fourth-order valence-corrected chi connectivity index (χ4v) is 2.43. The van der Waals surface area contributed by atoms with Crippen molar-refractivity contribution in [1.29, 1.82) is 0 Å². The zero-order chi connectivity index (χ0) is 10.8. The zero-order valence-electron chi connectivity index (χ0n) is 10.1. The third kappa shape index (κ3) is 2.23. The minimum absolute atomic E-state index is 0.714. The zero-order valence-corrected chi connectivity index (χ0v) is 10.1. The molecule has 0 aliphatic carbocycles. The first-order chi connectivity index (χ1) is 7.18.